The minimum absolute atomic E-state index is 0.279. The summed E-state index contributed by atoms with van der Waals surface area (Å²) in [4.78, 5) is 22.9. The Kier molecular flexibility index (Phi) is 4.24. The van der Waals surface area contributed by atoms with E-state index >= 15 is 0 Å². The lowest BCUT2D eigenvalue weighted by Gasteiger charge is -2.08. The Hall–Kier alpha value is -2.08. The molecule has 0 aliphatic carbocycles. The quantitative estimate of drug-likeness (QED) is 0.868. The molecule has 0 atom stereocenters. The van der Waals surface area contributed by atoms with Crippen molar-refractivity contribution in [2.45, 2.75) is 6.92 Å². The van der Waals surface area contributed by atoms with Crippen LogP contribution in [0.2, 0.25) is 0 Å². The number of rotatable bonds is 3. The number of hydrogen-bond acceptors (Lipinski definition) is 3. The summed E-state index contributed by atoms with van der Waals surface area (Å²) in [5.41, 5.74) is 1.67. The molecular weight excluding hydrogens is 326 g/mol. The number of ether oxygens (including phenoxy) is 1. The number of halogens is 1. The summed E-state index contributed by atoms with van der Waals surface area (Å²) in [6.07, 6.45) is 1.80. The fourth-order valence-electron chi connectivity index (χ4n) is 1.82. The lowest BCUT2D eigenvalue weighted by Crippen LogP contribution is -2.07. The third kappa shape index (κ3) is 2.91. The molecule has 1 N–H and O–H groups in total. The zero-order chi connectivity index (χ0) is 14.7. The Labute approximate surface area is 123 Å². The maximum absolute atomic E-state index is 12.0. The van der Waals surface area contributed by atoms with E-state index in [4.69, 9.17) is 9.84 Å². The summed E-state index contributed by atoms with van der Waals surface area (Å²) >= 11 is 3.31. The average molecular weight is 338 g/mol. The van der Waals surface area contributed by atoms with E-state index in [2.05, 4.69) is 15.9 Å². The molecule has 1 heterocycles. The molecule has 0 fully saturated rings. The third-order valence-electron chi connectivity index (χ3n) is 2.70. The lowest BCUT2D eigenvalue weighted by molar-refractivity contribution is 0.0527. The van der Waals surface area contributed by atoms with Gasteiger partial charge in [0, 0.05) is 22.4 Å². The van der Waals surface area contributed by atoms with E-state index in [1.165, 1.54) is 12.4 Å². The minimum Gasteiger partial charge on any atom is -0.464 e. The largest absolute Gasteiger partial charge is 0.464 e. The second-order valence-electron chi connectivity index (χ2n) is 4.00. The maximum Gasteiger partial charge on any atom is 0.415 e. The molecule has 0 saturated carbocycles. The van der Waals surface area contributed by atoms with E-state index in [1.54, 1.807) is 31.2 Å². The topological polar surface area (TPSA) is 68.5 Å². The Morgan fingerprint density at radius 1 is 1.35 bits per heavy atom. The monoisotopic (exact) mass is 337 g/mol. The number of carbonyl (C=O) groups excluding carboxylic acids is 1. The van der Waals surface area contributed by atoms with Crippen LogP contribution in [0.5, 0.6) is 0 Å². The molecule has 0 radical (unpaired) electrons. The molecule has 6 heteroatoms. The van der Waals surface area contributed by atoms with E-state index in [0.717, 1.165) is 9.04 Å². The van der Waals surface area contributed by atoms with Gasteiger partial charge in [-0.05, 0) is 30.7 Å². The first-order chi connectivity index (χ1) is 9.52. The first-order valence-corrected chi connectivity index (χ1v) is 6.70. The SMILES string of the molecule is CCOC(=O)c1cc(Br)ccc1-c1ccn(C(=O)O)c1. The summed E-state index contributed by atoms with van der Waals surface area (Å²) in [7, 11) is 0. The van der Waals surface area contributed by atoms with Crippen LogP contribution in [0, 0.1) is 0 Å². The van der Waals surface area contributed by atoms with Gasteiger partial charge in [0.15, 0.2) is 0 Å². The molecule has 104 valence electrons. The summed E-state index contributed by atoms with van der Waals surface area (Å²) in [5, 5.41) is 8.92. The average Bonchev–Trinajstić information content (AvgIpc) is 2.88. The van der Waals surface area contributed by atoms with E-state index < -0.39 is 12.1 Å². The van der Waals surface area contributed by atoms with Gasteiger partial charge in [0.05, 0.1) is 12.2 Å². The van der Waals surface area contributed by atoms with E-state index in [9.17, 15) is 9.59 Å². The molecule has 20 heavy (non-hydrogen) atoms. The molecule has 0 aliphatic heterocycles. The number of carboxylic acid groups (broad SMARTS) is 1. The van der Waals surface area contributed by atoms with Crippen molar-refractivity contribution in [3.63, 3.8) is 0 Å². The lowest BCUT2D eigenvalue weighted by atomic mass is 10.0. The van der Waals surface area contributed by atoms with Crippen molar-refractivity contribution in [2.75, 3.05) is 6.61 Å². The molecule has 0 aliphatic rings. The molecule has 0 amide bonds. The van der Waals surface area contributed by atoms with Crippen LogP contribution in [0.15, 0.2) is 41.1 Å². The summed E-state index contributed by atoms with van der Waals surface area (Å²) in [5.74, 6) is -0.438. The minimum atomic E-state index is -1.08. The zero-order valence-corrected chi connectivity index (χ0v) is 12.3. The smallest absolute Gasteiger partial charge is 0.415 e. The Morgan fingerprint density at radius 2 is 2.10 bits per heavy atom. The third-order valence-corrected chi connectivity index (χ3v) is 3.19. The van der Waals surface area contributed by atoms with Gasteiger partial charge in [0.1, 0.15) is 0 Å². The number of aromatic nitrogens is 1. The van der Waals surface area contributed by atoms with Crippen molar-refractivity contribution in [3.05, 3.63) is 46.7 Å². The summed E-state index contributed by atoms with van der Waals surface area (Å²) < 4.78 is 6.80. The van der Waals surface area contributed by atoms with Gasteiger partial charge < -0.3 is 9.84 Å². The standard InChI is InChI=1S/C14H12BrNO4/c1-2-20-13(17)12-7-10(15)3-4-11(12)9-5-6-16(8-9)14(18)19/h3-8H,2H2,1H3,(H,18,19). The molecule has 0 saturated heterocycles. The van der Waals surface area contributed by atoms with Crippen molar-refractivity contribution < 1.29 is 19.4 Å². The number of benzene rings is 1. The van der Waals surface area contributed by atoms with Crippen LogP contribution in [0.25, 0.3) is 11.1 Å². The first-order valence-electron chi connectivity index (χ1n) is 5.91. The summed E-state index contributed by atoms with van der Waals surface area (Å²) in [6, 6.07) is 6.83. The van der Waals surface area contributed by atoms with Gasteiger partial charge in [-0.25, -0.2) is 9.59 Å². The van der Waals surface area contributed by atoms with Crippen LogP contribution >= 0.6 is 15.9 Å². The van der Waals surface area contributed by atoms with Crippen LogP contribution in [-0.4, -0.2) is 28.3 Å². The molecule has 2 aromatic rings. The highest BCUT2D eigenvalue weighted by Gasteiger charge is 2.16. The van der Waals surface area contributed by atoms with E-state index in [1.807, 2.05) is 0 Å². The molecule has 0 spiro atoms. The van der Waals surface area contributed by atoms with Gasteiger partial charge >= 0.3 is 12.1 Å². The normalized spacial score (nSPS) is 10.3. The number of hydrogen-bond donors (Lipinski definition) is 1. The highest BCUT2D eigenvalue weighted by molar-refractivity contribution is 9.10. The molecular formula is C14H12BrNO4. The molecule has 5 nitrogen and oxygen atoms in total. The highest BCUT2D eigenvalue weighted by atomic mass is 79.9. The second kappa shape index (κ2) is 5.92. The zero-order valence-electron chi connectivity index (χ0n) is 10.7. The van der Waals surface area contributed by atoms with Crippen LogP contribution in [0.4, 0.5) is 4.79 Å². The van der Waals surface area contributed by atoms with Gasteiger partial charge in [0.25, 0.3) is 0 Å². The predicted molar refractivity (Wildman–Crippen MR) is 76.9 cm³/mol. The molecule has 0 unspecified atom stereocenters. The first kappa shape index (κ1) is 14.3. The fraction of sp³-hybridized carbons (Fsp3) is 0.143. The molecule has 0 bridgehead atoms. The van der Waals surface area contributed by atoms with Crippen molar-refractivity contribution in [1.82, 2.24) is 4.57 Å². The highest BCUT2D eigenvalue weighted by Crippen LogP contribution is 2.27. The Morgan fingerprint density at radius 3 is 2.70 bits per heavy atom. The molecule has 1 aromatic heterocycles. The van der Waals surface area contributed by atoms with Gasteiger partial charge in [0.2, 0.25) is 0 Å². The van der Waals surface area contributed by atoms with Gasteiger partial charge in [-0.3, -0.25) is 4.57 Å². The number of carbonyl (C=O) groups is 2. The number of esters is 1. The number of nitrogens with zero attached hydrogens (tertiary/aromatic N) is 1. The van der Waals surface area contributed by atoms with Gasteiger partial charge in [-0.1, -0.05) is 22.0 Å². The van der Waals surface area contributed by atoms with E-state index in [-0.39, 0.29) is 6.61 Å². The van der Waals surface area contributed by atoms with Crippen molar-refractivity contribution in [1.29, 1.82) is 0 Å². The van der Waals surface area contributed by atoms with Gasteiger partial charge in [-0.15, -0.1) is 0 Å². The van der Waals surface area contributed by atoms with Crippen LogP contribution in [0.3, 0.4) is 0 Å². The van der Waals surface area contributed by atoms with Crippen molar-refractivity contribution in [3.8, 4) is 11.1 Å². The van der Waals surface area contributed by atoms with Crippen LogP contribution < -0.4 is 0 Å². The van der Waals surface area contributed by atoms with Crippen molar-refractivity contribution in [2.24, 2.45) is 0 Å². The Bertz CT molecular complexity index is 663. The Balaban J connectivity index is 2.49. The van der Waals surface area contributed by atoms with Crippen LogP contribution in [0.1, 0.15) is 17.3 Å². The van der Waals surface area contributed by atoms with Crippen molar-refractivity contribution >= 4 is 28.0 Å². The molecule has 2 rings (SSSR count). The van der Waals surface area contributed by atoms with Crippen LogP contribution in [-0.2, 0) is 4.74 Å². The maximum atomic E-state index is 12.0. The van der Waals surface area contributed by atoms with E-state index in [0.29, 0.717) is 16.7 Å². The fourth-order valence-corrected chi connectivity index (χ4v) is 2.18. The summed E-state index contributed by atoms with van der Waals surface area (Å²) in [6.45, 7) is 2.01. The van der Waals surface area contributed by atoms with Gasteiger partial charge in [-0.2, -0.15) is 0 Å². The second-order valence-corrected chi connectivity index (χ2v) is 4.92. The molecule has 1 aromatic carbocycles. The predicted octanol–water partition coefficient (Wildman–Crippen LogP) is 3.62.